The van der Waals surface area contributed by atoms with Crippen LogP contribution in [-0.2, 0) is 13.9 Å². The molecule has 3 rings (SSSR count). The number of benzene rings is 2. The van der Waals surface area contributed by atoms with Crippen LogP contribution in [-0.4, -0.2) is 44.1 Å². The van der Waals surface area contributed by atoms with Gasteiger partial charge in [0, 0.05) is 0 Å². The highest BCUT2D eigenvalue weighted by Crippen LogP contribution is 2.37. The molecule has 162 valence electrons. The molecule has 1 fully saturated rings. The first kappa shape index (κ1) is 22.9. The Labute approximate surface area is 181 Å². The summed E-state index contributed by atoms with van der Waals surface area (Å²) in [6, 6.07) is 20.8. The minimum Gasteiger partial charge on any atom is -0.405 e. The lowest BCUT2D eigenvalue weighted by atomic mass is 10.1. The molecule has 0 aromatic heterocycles. The highest BCUT2D eigenvalue weighted by molar-refractivity contribution is 6.99. The minimum atomic E-state index is -2.71. The van der Waals surface area contributed by atoms with Crippen LogP contribution < -0.4 is 10.4 Å². The van der Waals surface area contributed by atoms with E-state index in [-0.39, 0.29) is 17.7 Å². The Balaban J connectivity index is 1.97. The Bertz CT molecular complexity index is 790. The molecule has 0 bridgehead atoms. The molecular formula is C25H34O4Si. The lowest BCUT2D eigenvalue weighted by molar-refractivity contribution is -0.155. The van der Waals surface area contributed by atoms with Gasteiger partial charge >= 0.3 is 0 Å². The van der Waals surface area contributed by atoms with Gasteiger partial charge in [0.25, 0.3) is 8.32 Å². The largest absolute Gasteiger partial charge is 0.405 e. The molecule has 0 saturated carbocycles. The predicted molar refractivity (Wildman–Crippen MR) is 124 cm³/mol. The quantitative estimate of drug-likeness (QED) is 0.543. The summed E-state index contributed by atoms with van der Waals surface area (Å²) in [6.45, 7) is 14.3. The van der Waals surface area contributed by atoms with Gasteiger partial charge in [-0.2, -0.15) is 0 Å². The zero-order valence-electron chi connectivity index (χ0n) is 18.7. The summed E-state index contributed by atoms with van der Waals surface area (Å²) in [5, 5.41) is 13.3. The van der Waals surface area contributed by atoms with E-state index in [4.69, 9.17) is 13.9 Å². The Kier molecular flexibility index (Phi) is 6.70. The molecule has 0 amide bonds. The van der Waals surface area contributed by atoms with Crippen LogP contribution in [0.25, 0.3) is 0 Å². The van der Waals surface area contributed by atoms with Gasteiger partial charge in [0.1, 0.15) is 18.3 Å². The summed E-state index contributed by atoms with van der Waals surface area (Å²) >= 11 is 0. The van der Waals surface area contributed by atoms with Crippen molar-refractivity contribution in [1.82, 2.24) is 0 Å². The van der Waals surface area contributed by atoms with Crippen LogP contribution in [0.3, 0.4) is 0 Å². The second-order valence-corrected chi connectivity index (χ2v) is 13.6. The zero-order chi connectivity index (χ0) is 22.0. The Morgan fingerprint density at radius 3 is 1.97 bits per heavy atom. The van der Waals surface area contributed by atoms with E-state index >= 15 is 0 Å². The van der Waals surface area contributed by atoms with Crippen molar-refractivity contribution in [3.05, 3.63) is 73.3 Å². The van der Waals surface area contributed by atoms with Crippen LogP contribution in [0.4, 0.5) is 0 Å². The maximum atomic E-state index is 11.1. The topological polar surface area (TPSA) is 47.9 Å². The fraction of sp³-hybridized carbons (Fsp3) is 0.440. The molecule has 2 aromatic carbocycles. The average Bonchev–Trinajstić information content (AvgIpc) is 3.04. The molecular weight excluding hydrogens is 392 g/mol. The van der Waals surface area contributed by atoms with Gasteiger partial charge in [0.15, 0.2) is 5.79 Å². The van der Waals surface area contributed by atoms with Gasteiger partial charge in [-0.25, -0.2) is 0 Å². The van der Waals surface area contributed by atoms with Crippen LogP contribution in [0.1, 0.15) is 34.6 Å². The van der Waals surface area contributed by atoms with Crippen molar-refractivity contribution in [2.75, 3.05) is 6.61 Å². The van der Waals surface area contributed by atoms with E-state index in [1.165, 1.54) is 10.4 Å². The molecule has 1 aliphatic heterocycles. The molecule has 30 heavy (non-hydrogen) atoms. The normalized spacial score (nSPS) is 22.6. The highest BCUT2D eigenvalue weighted by Gasteiger charge is 2.51. The number of hydrogen-bond acceptors (Lipinski definition) is 4. The minimum absolute atomic E-state index is 0.153. The molecule has 2 aromatic rings. The van der Waals surface area contributed by atoms with Crippen molar-refractivity contribution < 1.29 is 19.0 Å². The van der Waals surface area contributed by atoms with Crippen molar-refractivity contribution in [2.24, 2.45) is 0 Å². The van der Waals surface area contributed by atoms with Crippen LogP contribution >= 0.6 is 0 Å². The van der Waals surface area contributed by atoms with Crippen molar-refractivity contribution in [3.63, 3.8) is 0 Å². The van der Waals surface area contributed by atoms with Crippen LogP contribution in [0.15, 0.2) is 73.3 Å². The SMILES string of the molecule is C=C[C@H]1OC(C)(C)O[C@H]1[C@@H](O)CO[Si](c1ccccc1)(c1ccccc1)C(C)(C)C. The third-order valence-electron chi connectivity index (χ3n) is 5.66. The van der Waals surface area contributed by atoms with E-state index in [0.717, 1.165) is 0 Å². The summed E-state index contributed by atoms with van der Waals surface area (Å²) in [5.74, 6) is -0.762. The first-order chi connectivity index (χ1) is 14.1. The molecule has 1 heterocycles. The molecule has 3 atom stereocenters. The first-order valence-corrected chi connectivity index (χ1v) is 12.4. The summed E-state index contributed by atoms with van der Waals surface area (Å²) in [7, 11) is -2.71. The molecule has 5 heteroatoms. The fourth-order valence-corrected chi connectivity index (χ4v) is 8.94. The third kappa shape index (κ3) is 4.46. The number of ether oxygens (including phenoxy) is 2. The van der Waals surface area contributed by atoms with Crippen molar-refractivity contribution >= 4 is 18.7 Å². The summed E-state index contributed by atoms with van der Waals surface area (Å²) in [6.07, 6.45) is -0.0456. The Morgan fingerprint density at radius 1 is 1.03 bits per heavy atom. The lowest BCUT2D eigenvalue weighted by Gasteiger charge is -2.43. The Morgan fingerprint density at radius 2 is 1.53 bits per heavy atom. The molecule has 1 aliphatic rings. The van der Waals surface area contributed by atoms with Gasteiger partial charge in [-0.15, -0.1) is 6.58 Å². The average molecular weight is 427 g/mol. The molecule has 1 saturated heterocycles. The van der Waals surface area contributed by atoms with E-state index in [1.54, 1.807) is 6.08 Å². The van der Waals surface area contributed by atoms with Crippen LogP contribution in [0.5, 0.6) is 0 Å². The van der Waals surface area contributed by atoms with E-state index in [0.29, 0.717) is 0 Å². The van der Waals surface area contributed by atoms with E-state index in [1.807, 2.05) is 26.0 Å². The van der Waals surface area contributed by atoms with E-state index in [2.05, 4.69) is 75.9 Å². The van der Waals surface area contributed by atoms with Gasteiger partial charge < -0.3 is 19.0 Å². The van der Waals surface area contributed by atoms with Crippen molar-refractivity contribution in [1.29, 1.82) is 0 Å². The second-order valence-electron chi connectivity index (χ2n) is 9.34. The summed E-state index contributed by atoms with van der Waals surface area (Å²) in [4.78, 5) is 0. The molecule has 0 aliphatic carbocycles. The molecule has 0 unspecified atom stereocenters. The first-order valence-electron chi connectivity index (χ1n) is 10.5. The van der Waals surface area contributed by atoms with E-state index in [9.17, 15) is 5.11 Å². The number of rotatable bonds is 7. The third-order valence-corrected chi connectivity index (χ3v) is 10.7. The highest BCUT2D eigenvalue weighted by atomic mass is 28.4. The van der Waals surface area contributed by atoms with Gasteiger partial charge in [0.2, 0.25) is 0 Å². The predicted octanol–water partition coefficient (Wildman–Crippen LogP) is 3.63. The van der Waals surface area contributed by atoms with E-state index < -0.39 is 26.3 Å². The molecule has 0 radical (unpaired) electrons. The Hall–Kier alpha value is -1.76. The fourth-order valence-electron chi connectivity index (χ4n) is 4.36. The van der Waals surface area contributed by atoms with Gasteiger partial charge in [-0.1, -0.05) is 87.5 Å². The standard InChI is InChI=1S/C25H34O4Si/c1-7-22-23(29-25(5,6)28-22)21(26)18-27-30(24(2,3)4,19-14-10-8-11-15-19)20-16-12-9-13-17-20/h7-17,21-23,26H,1,18H2,2-6H3/t21-,22+,23-/m0/s1. The molecule has 0 spiro atoms. The van der Waals surface area contributed by atoms with Gasteiger partial charge in [-0.05, 0) is 29.3 Å². The monoisotopic (exact) mass is 426 g/mol. The van der Waals surface area contributed by atoms with Crippen molar-refractivity contribution in [2.45, 2.75) is 63.8 Å². The number of aliphatic hydroxyl groups is 1. The van der Waals surface area contributed by atoms with Gasteiger partial charge in [0.05, 0.1) is 6.61 Å². The summed E-state index contributed by atoms with van der Waals surface area (Å²) < 4.78 is 18.6. The second kappa shape index (κ2) is 8.77. The molecule has 1 N–H and O–H groups in total. The van der Waals surface area contributed by atoms with Crippen molar-refractivity contribution in [3.8, 4) is 0 Å². The maximum absolute atomic E-state index is 11.1. The van der Waals surface area contributed by atoms with Gasteiger partial charge in [-0.3, -0.25) is 0 Å². The summed E-state index contributed by atoms with van der Waals surface area (Å²) in [5.41, 5.74) is 0. The maximum Gasteiger partial charge on any atom is 0.261 e. The number of aliphatic hydroxyl groups excluding tert-OH is 1. The smallest absolute Gasteiger partial charge is 0.261 e. The van der Waals surface area contributed by atoms with Crippen LogP contribution in [0, 0.1) is 0 Å². The molecule has 4 nitrogen and oxygen atoms in total. The number of hydrogen-bond donors (Lipinski definition) is 1. The lowest BCUT2D eigenvalue weighted by Crippen LogP contribution is -2.67. The van der Waals surface area contributed by atoms with Crippen LogP contribution in [0.2, 0.25) is 5.04 Å². The zero-order valence-corrected chi connectivity index (χ0v) is 19.7.